The maximum atomic E-state index is 15.2. The van der Waals surface area contributed by atoms with E-state index >= 15 is 4.79 Å². The monoisotopic (exact) mass is 944 g/mol. The summed E-state index contributed by atoms with van der Waals surface area (Å²) in [4.78, 5) is 98.6. The van der Waals surface area contributed by atoms with Crippen LogP contribution < -0.4 is 0 Å². The van der Waals surface area contributed by atoms with E-state index in [1.54, 1.807) is 0 Å². The fourth-order valence-electron chi connectivity index (χ4n) is 8.94. The number of hydrogen-bond donors (Lipinski definition) is 13. The van der Waals surface area contributed by atoms with E-state index in [2.05, 4.69) is 0 Å². The number of carbonyl (C=O) groups excluding carboxylic acids is 7. The summed E-state index contributed by atoms with van der Waals surface area (Å²) in [6.07, 6.45) is -9.74. The van der Waals surface area contributed by atoms with E-state index in [-0.39, 0.29) is 6.08 Å². The summed E-state index contributed by atoms with van der Waals surface area (Å²) in [7, 11) is 0. The van der Waals surface area contributed by atoms with Gasteiger partial charge in [-0.1, -0.05) is 13.8 Å². The average Bonchev–Trinajstić information content (AvgIpc) is 3.30. The van der Waals surface area contributed by atoms with Gasteiger partial charge in [0.1, 0.15) is 6.61 Å². The van der Waals surface area contributed by atoms with Crippen molar-refractivity contribution in [3.8, 4) is 91.2 Å². The molecular formula is C43H28O25. The number of Topliss-reactive ketones (excluding diaryl/α,β-unsaturated/α-hetero) is 1. The lowest BCUT2D eigenvalue weighted by Crippen LogP contribution is -2.60. The number of ether oxygens (including phenoxy) is 5. The number of phenolic OH excluding ortho intramolecular Hbond substituents is 12. The third kappa shape index (κ3) is 5.64. The molecule has 25 heteroatoms. The number of aliphatic hydroxyl groups excluding tert-OH is 1. The first-order valence-electron chi connectivity index (χ1n) is 19.3. The number of ketones is 2. The van der Waals surface area contributed by atoms with E-state index in [4.69, 9.17) is 23.7 Å². The molecule has 10 rings (SSSR count). The Morgan fingerprint density at radius 3 is 1.54 bits per heavy atom. The van der Waals surface area contributed by atoms with Crippen molar-refractivity contribution in [2.24, 2.45) is 0 Å². The van der Waals surface area contributed by atoms with Crippen molar-refractivity contribution in [2.45, 2.75) is 43.7 Å². The molecule has 4 unspecified atom stereocenters. The first-order chi connectivity index (χ1) is 31.8. The summed E-state index contributed by atoms with van der Waals surface area (Å²) in [5.74, 6) is -31.9. The molecule has 0 saturated carbocycles. The molecule has 68 heavy (non-hydrogen) atoms. The second-order valence-electron chi connectivity index (χ2n) is 16.2. The lowest BCUT2D eigenvalue weighted by atomic mass is 9.69. The Balaban J connectivity index is 1.45. The zero-order valence-electron chi connectivity index (χ0n) is 34.0. The van der Waals surface area contributed by atoms with Crippen LogP contribution in [0, 0.1) is 0 Å². The van der Waals surface area contributed by atoms with Crippen LogP contribution in [-0.2, 0) is 43.5 Å². The van der Waals surface area contributed by atoms with Gasteiger partial charge < -0.3 is 90.1 Å². The standard InChI is InChI=1S/C43H28O25/c1-43(2)22-21-19(31(55)34(58)32(22)56)18-20-17(29(53)33(57)30(18)54)16-9(5-12(46)25(49)28(16)52)39(60)65-13-6-64-38(59)7-3-10(44)23(47)26(50)14(7)15-8(4-11(45)24(48)27(15)51)40(61)66-35(13)36(67-41(20)62)37(43)68-42(21)63/h3-5,13,35-37,45-46,48-58H,6H2,1-2H3. The summed E-state index contributed by atoms with van der Waals surface area (Å²) in [5, 5.41) is 145. The summed E-state index contributed by atoms with van der Waals surface area (Å²) < 4.78 is 28.6. The van der Waals surface area contributed by atoms with Crippen LogP contribution in [0.4, 0.5) is 0 Å². The molecule has 6 bridgehead atoms. The van der Waals surface area contributed by atoms with Crippen molar-refractivity contribution in [1.82, 2.24) is 0 Å². The Labute approximate surface area is 374 Å². The van der Waals surface area contributed by atoms with Crippen molar-refractivity contribution in [2.75, 3.05) is 6.61 Å². The van der Waals surface area contributed by atoms with E-state index < -0.39 is 219 Å². The first-order valence-corrected chi connectivity index (χ1v) is 19.3. The highest BCUT2D eigenvalue weighted by Crippen LogP contribution is 2.62. The highest BCUT2D eigenvalue weighted by Gasteiger charge is 2.58. The van der Waals surface area contributed by atoms with Crippen LogP contribution in [0.3, 0.4) is 0 Å². The third-order valence-corrected chi connectivity index (χ3v) is 12.1. The van der Waals surface area contributed by atoms with Gasteiger partial charge in [-0.25, -0.2) is 24.0 Å². The maximum Gasteiger partial charge on any atom is 0.340 e. The van der Waals surface area contributed by atoms with Crippen LogP contribution in [0.2, 0.25) is 0 Å². The van der Waals surface area contributed by atoms with E-state index in [0.717, 1.165) is 13.8 Å². The molecule has 0 radical (unpaired) electrons. The fraction of sp³-hybridized carbons (Fsp3) is 0.186. The molecule has 4 aromatic carbocycles. The van der Waals surface area contributed by atoms with Gasteiger partial charge in [-0.2, -0.15) is 0 Å². The Morgan fingerprint density at radius 1 is 0.471 bits per heavy atom. The van der Waals surface area contributed by atoms with Crippen LogP contribution in [0.1, 0.15) is 66.4 Å². The van der Waals surface area contributed by atoms with E-state index in [0.29, 0.717) is 12.1 Å². The minimum atomic E-state index is -2.66. The number of aliphatic hydroxyl groups is 1. The third-order valence-electron chi connectivity index (χ3n) is 12.1. The highest BCUT2D eigenvalue weighted by atomic mass is 16.6. The van der Waals surface area contributed by atoms with Crippen molar-refractivity contribution in [3.63, 3.8) is 0 Å². The Kier molecular flexibility index (Phi) is 9.14. The van der Waals surface area contributed by atoms with Crippen LogP contribution in [0.25, 0.3) is 27.8 Å². The van der Waals surface area contributed by atoms with Crippen LogP contribution in [-0.4, -0.2) is 139 Å². The number of allylic oxidation sites excluding steroid dienone is 2. The smallest absolute Gasteiger partial charge is 0.340 e. The molecule has 350 valence electrons. The summed E-state index contributed by atoms with van der Waals surface area (Å²) in [6, 6.07) is 0.703. The number of fused-ring (bicyclic) bond motifs is 7. The molecule has 5 aliphatic heterocycles. The van der Waals surface area contributed by atoms with Gasteiger partial charge in [-0.05, 0) is 12.1 Å². The van der Waals surface area contributed by atoms with Gasteiger partial charge >= 0.3 is 29.8 Å². The number of aromatic hydroxyl groups is 12. The second kappa shape index (κ2) is 14.2. The van der Waals surface area contributed by atoms with Gasteiger partial charge in [0.15, 0.2) is 76.2 Å². The average molecular weight is 945 g/mol. The van der Waals surface area contributed by atoms with Crippen LogP contribution in [0.15, 0.2) is 29.5 Å². The lowest BCUT2D eigenvalue weighted by Gasteiger charge is -2.46. The molecule has 5 heterocycles. The van der Waals surface area contributed by atoms with E-state index in [1.807, 2.05) is 0 Å². The molecule has 0 fully saturated rings. The minimum absolute atomic E-state index is 0.274. The first kappa shape index (κ1) is 43.7. The lowest BCUT2D eigenvalue weighted by molar-refractivity contribution is -0.158. The van der Waals surface area contributed by atoms with Crippen LogP contribution in [0.5, 0.6) is 69.0 Å². The molecule has 0 saturated heterocycles. The quantitative estimate of drug-likeness (QED) is 0.0390. The second-order valence-corrected chi connectivity index (χ2v) is 16.2. The Bertz CT molecular complexity index is 3240. The van der Waals surface area contributed by atoms with Crippen molar-refractivity contribution < 1.29 is 124 Å². The Hall–Kier alpha value is -9.55. The van der Waals surface area contributed by atoms with Crippen molar-refractivity contribution in [1.29, 1.82) is 0 Å². The maximum absolute atomic E-state index is 15.2. The van der Waals surface area contributed by atoms with Gasteiger partial charge in [0.25, 0.3) is 5.78 Å². The number of phenols is 12. The molecule has 0 aromatic heterocycles. The van der Waals surface area contributed by atoms with Gasteiger partial charge in [-0.15, -0.1) is 0 Å². The topological polar surface area (TPSA) is 429 Å². The molecule has 0 amide bonds. The molecule has 4 aromatic rings. The zero-order valence-corrected chi connectivity index (χ0v) is 34.0. The number of rotatable bonds is 0. The number of esters is 5. The molecular weight excluding hydrogens is 916 g/mol. The minimum Gasteiger partial charge on any atom is -0.504 e. The summed E-state index contributed by atoms with van der Waals surface area (Å²) in [5.41, 5.74) is -16.2. The Morgan fingerprint density at radius 2 is 0.941 bits per heavy atom. The fourth-order valence-corrected chi connectivity index (χ4v) is 8.94. The van der Waals surface area contributed by atoms with Gasteiger partial charge in [0, 0.05) is 50.4 Å². The predicted molar refractivity (Wildman–Crippen MR) is 212 cm³/mol. The van der Waals surface area contributed by atoms with Crippen LogP contribution >= 0.6 is 0 Å². The number of carbonyl (C=O) groups is 7. The highest BCUT2D eigenvalue weighted by molar-refractivity contribution is 6.51. The van der Waals surface area contributed by atoms with Gasteiger partial charge in [0.05, 0.1) is 27.8 Å². The molecule has 13 N–H and O–H groups in total. The SMILES string of the molecule is CC1(C)c2c(O)c(O)c(O)c3c2C(=O)OC1C1OC(=O)c2c(c(O)c(O)c(O)c2-3)-c2c(cc(O)c(O)c2O)C(=O)OC2COC(=O)C3=CC(=O)C(=O)C(O)=C3c3c(cc(O)c(O)c3O)C(=O)OC21. The number of benzene rings is 4. The van der Waals surface area contributed by atoms with Gasteiger partial charge in [-0.3, -0.25) is 9.59 Å². The summed E-state index contributed by atoms with van der Waals surface area (Å²) in [6.45, 7) is 0.819. The van der Waals surface area contributed by atoms with E-state index in [9.17, 15) is 95.2 Å². The number of hydrogen-bond acceptors (Lipinski definition) is 25. The number of cyclic esters (lactones) is 1. The molecule has 0 spiro atoms. The normalized spacial score (nSPS) is 21.6. The molecule has 6 aliphatic rings. The molecule has 1 aliphatic carbocycles. The van der Waals surface area contributed by atoms with Crippen molar-refractivity contribution in [3.05, 3.63) is 62.9 Å². The zero-order chi connectivity index (χ0) is 49.6. The molecule has 4 atom stereocenters. The van der Waals surface area contributed by atoms with Gasteiger partial charge in [0.2, 0.25) is 28.8 Å². The predicted octanol–water partition coefficient (Wildman–Crippen LogP) is 1.51. The largest absolute Gasteiger partial charge is 0.504 e. The summed E-state index contributed by atoms with van der Waals surface area (Å²) >= 11 is 0. The van der Waals surface area contributed by atoms with E-state index in [1.165, 1.54) is 0 Å². The van der Waals surface area contributed by atoms with Crippen molar-refractivity contribution >= 4 is 47.0 Å². The molecule has 25 nitrogen and oxygen atoms in total.